The highest BCUT2D eigenvalue weighted by molar-refractivity contribution is 7.13. The number of hydrogen-bond acceptors (Lipinski definition) is 4. The van der Waals surface area contributed by atoms with Crippen LogP contribution in [0.15, 0.2) is 29.8 Å². The van der Waals surface area contributed by atoms with Crippen molar-refractivity contribution in [2.45, 2.75) is 24.8 Å². The Hall–Kier alpha value is -1.49. The zero-order chi connectivity index (χ0) is 11.7. The van der Waals surface area contributed by atoms with E-state index >= 15 is 0 Å². The zero-order valence-electron chi connectivity index (χ0n) is 9.14. The predicted octanol–water partition coefficient (Wildman–Crippen LogP) is 3.04. The first kappa shape index (κ1) is 10.7. The Bertz CT molecular complexity index is 494. The van der Waals surface area contributed by atoms with Gasteiger partial charge in [-0.05, 0) is 30.4 Å². The Morgan fingerprint density at radius 1 is 1.29 bits per heavy atom. The van der Waals surface area contributed by atoms with Gasteiger partial charge in [0.2, 0.25) is 5.13 Å². The molecule has 1 aliphatic rings. The summed E-state index contributed by atoms with van der Waals surface area (Å²) in [5, 5.41) is 11.9. The van der Waals surface area contributed by atoms with E-state index in [1.165, 1.54) is 17.4 Å². The van der Waals surface area contributed by atoms with Crippen LogP contribution in [0.2, 0.25) is 0 Å². The molecular weight excluding hydrogens is 237 g/mol. The Morgan fingerprint density at radius 2 is 2.12 bits per heavy atom. The lowest BCUT2D eigenvalue weighted by Gasteiger charge is -2.36. The van der Waals surface area contributed by atoms with Crippen molar-refractivity contribution in [1.82, 2.24) is 10.2 Å². The number of benzene rings is 1. The van der Waals surface area contributed by atoms with Gasteiger partial charge in [-0.15, -0.1) is 10.2 Å². The third-order valence-corrected chi connectivity index (χ3v) is 3.79. The smallest absolute Gasteiger partial charge is 0.205 e. The molecule has 88 valence electrons. The van der Waals surface area contributed by atoms with Crippen LogP contribution in [0.25, 0.3) is 0 Å². The van der Waals surface area contributed by atoms with Crippen molar-refractivity contribution < 1.29 is 4.39 Å². The fourth-order valence-electron chi connectivity index (χ4n) is 2.21. The summed E-state index contributed by atoms with van der Waals surface area (Å²) in [6.07, 6.45) is 1.92. The minimum atomic E-state index is -0.0909. The molecule has 2 aromatic rings. The molecule has 1 N–H and O–H groups in total. The van der Waals surface area contributed by atoms with Crippen molar-refractivity contribution in [3.8, 4) is 0 Å². The zero-order valence-corrected chi connectivity index (χ0v) is 9.95. The van der Waals surface area contributed by atoms with Crippen LogP contribution in [0.3, 0.4) is 0 Å². The maximum Gasteiger partial charge on any atom is 0.205 e. The van der Waals surface area contributed by atoms with Gasteiger partial charge in [0, 0.05) is 6.04 Å². The maximum atomic E-state index is 13.5. The van der Waals surface area contributed by atoms with Gasteiger partial charge in [0.15, 0.2) is 0 Å². The van der Waals surface area contributed by atoms with E-state index in [4.69, 9.17) is 0 Å². The Morgan fingerprint density at radius 3 is 2.82 bits per heavy atom. The first-order valence-electron chi connectivity index (χ1n) is 5.60. The summed E-state index contributed by atoms with van der Waals surface area (Å²) >= 11 is 1.49. The quantitative estimate of drug-likeness (QED) is 0.908. The van der Waals surface area contributed by atoms with Crippen LogP contribution in [-0.4, -0.2) is 16.2 Å². The number of anilines is 1. The Labute approximate surface area is 103 Å². The van der Waals surface area contributed by atoms with Gasteiger partial charge in [-0.2, -0.15) is 0 Å². The lowest BCUT2D eigenvalue weighted by molar-refractivity contribution is 0.363. The normalized spacial score (nSPS) is 23.1. The van der Waals surface area contributed by atoms with Crippen molar-refractivity contribution in [3.63, 3.8) is 0 Å². The molecule has 0 saturated heterocycles. The van der Waals surface area contributed by atoms with E-state index < -0.39 is 0 Å². The van der Waals surface area contributed by atoms with Gasteiger partial charge in [0.25, 0.3) is 0 Å². The van der Waals surface area contributed by atoms with E-state index in [9.17, 15) is 4.39 Å². The molecule has 0 amide bonds. The minimum Gasteiger partial charge on any atom is -0.357 e. The molecule has 0 radical (unpaired) electrons. The van der Waals surface area contributed by atoms with Crippen molar-refractivity contribution in [2.24, 2.45) is 0 Å². The number of nitrogens with one attached hydrogen (secondary N) is 1. The summed E-state index contributed by atoms with van der Waals surface area (Å²) in [4.78, 5) is 0. The highest BCUT2D eigenvalue weighted by atomic mass is 32.1. The monoisotopic (exact) mass is 249 g/mol. The highest BCUT2D eigenvalue weighted by Gasteiger charge is 2.32. The molecule has 5 heteroatoms. The van der Waals surface area contributed by atoms with Crippen LogP contribution in [0, 0.1) is 5.82 Å². The van der Waals surface area contributed by atoms with E-state index in [0.717, 1.165) is 23.5 Å². The molecule has 1 fully saturated rings. The summed E-state index contributed by atoms with van der Waals surface area (Å²) < 4.78 is 13.5. The number of hydrogen-bond donors (Lipinski definition) is 1. The van der Waals surface area contributed by atoms with Gasteiger partial charge in [-0.1, -0.05) is 29.5 Å². The Kier molecular flexibility index (Phi) is 2.76. The van der Waals surface area contributed by atoms with Crippen molar-refractivity contribution in [3.05, 3.63) is 41.2 Å². The molecule has 17 heavy (non-hydrogen) atoms. The van der Waals surface area contributed by atoms with E-state index in [0.29, 0.717) is 12.0 Å². The standard InChI is InChI=1S/C12H12FN3S/c13-11-4-2-1-3-10(11)8-5-9(6-8)15-12-16-14-7-17-12/h1-4,7-9H,5-6H2,(H,15,16). The van der Waals surface area contributed by atoms with Crippen LogP contribution < -0.4 is 5.32 Å². The molecule has 3 rings (SSSR count). The van der Waals surface area contributed by atoms with Crippen LogP contribution in [0.4, 0.5) is 9.52 Å². The van der Waals surface area contributed by atoms with E-state index in [1.807, 2.05) is 12.1 Å². The molecule has 1 heterocycles. The van der Waals surface area contributed by atoms with Crippen LogP contribution in [-0.2, 0) is 0 Å². The number of halogens is 1. The van der Waals surface area contributed by atoms with Gasteiger partial charge in [-0.3, -0.25) is 0 Å². The largest absolute Gasteiger partial charge is 0.357 e. The SMILES string of the molecule is Fc1ccccc1C1CC(Nc2nncs2)C1. The summed E-state index contributed by atoms with van der Waals surface area (Å²) in [5.41, 5.74) is 2.54. The van der Waals surface area contributed by atoms with Gasteiger partial charge in [0.05, 0.1) is 0 Å². The van der Waals surface area contributed by atoms with Crippen LogP contribution in [0.5, 0.6) is 0 Å². The fourth-order valence-corrected chi connectivity index (χ4v) is 2.73. The van der Waals surface area contributed by atoms with Crippen molar-refractivity contribution >= 4 is 16.5 Å². The van der Waals surface area contributed by atoms with E-state index in [-0.39, 0.29) is 5.82 Å². The number of nitrogens with zero attached hydrogens (tertiary/aromatic N) is 2. The lowest BCUT2D eigenvalue weighted by Crippen LogP contribution is -2.34. The average molecular weight is 249 g/mol. The second-order valence-corrected chi connectivity index (χ2v) is 5.11. The van der Waals surface area contributed by atoms with Crippen LogP contribution in [0.1, 0.15) is 24.3 Å². The molecule has 0 spiro atoms. The Balaban J connectivity index is 1.60. The maximum absolute atomic E-state index is 13.5. The molecule has 3 nitrogen and oxygen atoms in total. The second kappa shape index (κ2) is 4.41. The molecule has 0 bridgehead atoms. The van der Waals surface area contributed by atoms with Gasteiger partial charge in [-0.25, -0.2) is 4.39 Å². The third kappa shape index (κ3) is 2.15. The van der Waals surface area contributed by atoms with Gasteiger partial charge in [0.1, 0.15) is 11.3 Å². The van der Waals surface area contributed by atoms with Crippen molar-refractivity contribution in [2.75, 3.05) is 5.32 Å². The van der Waals surface area contributed by atoms with Crippen molar-refractivity contribution in [1.29, 1.82) is 0 Å². The predicted molar refractivity (Wildman–Crippen MR) is 65.7 cm³/mol. The van der Waals surface area contributed by atoms with Gasteiger partial charge < -0.3 is 5.32 Å². The average Bonchev–Trinajstić information content (AvgIpc) is 2.77. The fraction of sp³-hybridized carbons (Fsp3) is 0.333. The summed E-state index contributed by atoms with van der Waals surface area (Å²) in [7, 11) is 0. The molecule has 1 saturated carbocycles. The first-order chi connectivity index (χ1) is 8.33. The van der Waals surface area contributed by atoms with Crippen LogP contribution >= 0.6 is 11.3 Å². The minimum absolute atomic E-state index is 0.0909. The summed E-state index contributed by atoms with van der Waals surface area (Å²) in [6.45, 7) is 0. The summed E-state index contributed by atoms with van der Waals surface area (Å²) in [6, 6.07) is 7.42. The highest BCUT2D eigenvalue weighted by Crippen LogP contribution is 2.39. The second-order valence-electron chi connectivity index (χ2n) is 4.27. The van der Waals surface area contributed by atoms with E-state index in [1.54, 1.807) is 11.6 Å². The number of aromatic nitrogens is 2. The lowest BCUT2D eigenvalue weighted by atomic mass is 9.76. The molecule has 0 unspecified atom stereocenters. The molecule has 1 aromatic carbocycles. The summed E-state index contributed by atoms with van der Waals surface area (Å²) in [5.74, 6) is 0.244. The first-order valence-corrected chi connectivity index (χ1v) is 6.48. The molecule has 0 atom stereocenters. The molecule has 0 aliphatic heterocycles. The number of rotatable bonds is 3. The topological polar surface area (TPSA) is 37.8 Å². The van der Waals surface area contributed by atoms with Gasteiger partial charge >= 0.3 is 0 Å². The molecule has 1 aliphatic carbocycles. The molecule has 1 aromatic heterocycles. The third-order valence-electron chi connectivity index (χ3n) is 3.17. The molecular formula is C12H12FN3S. The van der Waals surface area contributed by atoms with E-state index in [2.05, 4.69) is 15.5 Å².